The molecule has 1 fully saturated rings. The van der Waals surface area contributed by atoms with E-state index in [-0.39, 0.29) is 0 Å². The van der Waals surface area contributed by atoms with Crippen LogP contribution in [0.15, 0.2) is 36.4 Å². The van der Waals surface area contributed by atoms with E-state index in [1.54, 1.807) is 24.3 Å². The van der Waals surface area contributed by atoms with Gasteiger partial charge in [-0.2, -0.15) is 8.78 Å². The number of aryl methyl sites for hydroxylation is 1. The molecular formula is C22H20F5NO5. The second-order valence-corrected chi connectivity index (χ2v) is 7.12. The normalized spacial score (nSPS) is 15.0. The summed E-state index contributed by atoms with van der Waals surface area (Å²) in [6.07, 6.45) is 1.77. The molecule has 0 spiro atoms. The second-order valence-electron chi connectivity index (χ2n) is 7.12. The third kappa shape index (κ3) is 6.28. The van der Waals surface area contributed by atoms with Crippen molar-refractivity contribution in [3.63, 3.8) is 0 Å². The zero-order chi connectivity index (χ0) is 24.8. The van der Waals surface area contributed by atoms with Crippen LogP contribution >= 0.6 is 0 Å². The molecule has 0 unspecified atom stereocenters. The number of carboxylic acids is 2. The fourth-order valence-corrected chi connectivity index (χ4v) is 3.15. The van der Waals surface area contributed by atoms with Crippen LogP contribution in [0.5, 0.6) is 5.75 Å². The number of nitrogens with one attached hydrogen (secondary N) is 1. The van der Waals surface area contributed by atoms with Crippen molar-refractivity contribution in [1.29, 1.82) is 0 Å². The smallest absolute Gasteiger partial charge is 0.328 e. The van der Waals surface area contributed by atoms with Gasteiger partial charge in [0.05, 0.1) is 0 Å². The Bertz CT molecular complexity index is 1010. The molecular weight excluding hydrogens is 453 g/mol. The zero-order valence-electron chi connectivity index (χ0n) is 17.3. The Morgan fingerprint density at radius 1 is 0.848 bits per heavy atom. The Morgan fingerprint density at radius 3 is 1.70 bits per heavy atom. The fraction of sp³-hybridized carbons (Fsp3) is 0.273. The molecule has 6 nitrogen and oxygen atoms in total. The molecule has 1 aliphatic heterocycles. The molecule has 0 saturated carbocycles. The molecule has 178 valence electrons. The number of ether oxygens (including phenoxy) is 1. The standard InChI is InChI=1S/C18H16F5NO.C4H4O4/c1-10-2-4-11(5-3-10)18(6-8-24-9-7-18)25-17-15(22)13(20)12(19)14(21)16(17)23;5-3(6)1-2-4(7)8/h2-5,24H,6-9H2,1H3;1-2H,(H,5,6)(H,7,8). The molecule has 0 atom stereocenters. The van der Waals surface area contributed by atoms with Crippen molar-refractivity contribution in [3.8, 4) is 5.75 Å². The Labute approximate surface area is 185 Å². The van der Waals surface area contributed by atoms with E-state index in [1.807, 2.05) is 6.92 Å². The molecule has 0 aromatic heterocycles. The highest BCUT2D eigenvalue weighted by Gasteiger charge is 2.39. The highest BCUT2D eigenvalue weighted by atomic mass is 19.2. The lowest BCUT2D eigenvalue weighted by molar-refractivity contribution is -0.134. The lowest BCUT2D eigenvalue weighted by atomic mass is 9.84. The summed E-state index contributed by atoms with van der Waals surface area (Å²) in [7, 11) is 0. The monoisotopic (exact) mass is 473 g/mol. The number of rotatable bonds is 5. The molecule has 2 aromatic carbocycles. The van der Waals surface area contributed by atoms with E-state index in [0.717, 1.165) is 5.56 Å². The molecule has 33 heavy (non-hydrogen) atoms. The predicted octanol–water partition coefficient (Wildman–Crippen LogP) is 4.06. The lowest BCUT2D eigenvalue weighted by Crippen LogP contribution is -2.44. The number of benzene rings is 2. The Morgan fingerprint density at radius 2 is 1.27 bits per heavy atom. The van der Waals surface area contributed by atoms with Crippen molar-refractivity contribution in [3.05, 3.63) is 76.6 Å². The summed E-state index contributed by atoms with van der Waals surface area (Å²) in [5.41, 5.74) is 0.435. The topological polar surface area (TPSA) is 95.9 Å². The molecule has 0 amide bonds. The van der Waals surface area contributed by atoms with E-state index in [2.05, 4.69) is 5.32 Å². The van der Waals surface area contributed by atoms with Crippen LogP contribution in [0.1, 0.15) is 24.0 Å². The van der Waals surface area contributed by atoms with E-state index in [0.29, 0.717) is 43.6 Å². The summed E-state index contributed by atoms with van der Waals surface area (Å²) < 4.78 is 73.8. The van der Waals surface area contributed by atoms with E-state index in [4.69, 9.17) is 14.9 Å². The van der Waals surface area contributed by atoms with Gasteiger partial charge in [-0.3, -0.25) is 0 Å². The third-order valence-corrected chi connectivity index (χ3v) is 4.82. The van der Waals surface area contributed by atoms with Crippen molar-refractivity contribution in [2.75, 3.05) is 13.1 Å². The minimum absolute atomic E-state index is 0.329. The van der Waals surface area contributed by atoms with Gasteiger partial charge in [0.2, 0.25) is 29.1 Å². The van der Waals surface area contributed by atoms with Crippen LogP contribution in [0.4, 0.5) is 22.0 Å². The quantitative estimate of drug-likeness (QED) is 0.262. The number of halogens is 5. The van der Waals surface area contributed by atoms with Crippen molar-refractivity contribution in [2.24, 2.45) is 0 Å². The van der Waals surface area contributed by atoms with Crippen LogP contribution in [0.3, 0.4) is 0 Å². The number of hydrogen-bond donors (Lipinski definition) is 3. The summed E-state index contributed by atoms with van der Waals surface area (Å²) >= 11 is 0. The van der Waals surface area contributed by atoms with Gasteiger partial charge in [-0.1, -0.05) is 29.8 Å². The Balaban J connectivity index is 0.000000414. The first-order chi connectivity index (χ1) is 15.5. The van der Waals surface area contributed by atoms with Gasteiger partial charge in [-0.05, 0) is 25.6 Å². The van der Waals surface area contributed by atoms with Gasteiger partial charge in [-0.15, -0.1) is 0 Å². The maximum Gasteiger partial charge on any atom is 0.328 e. The van der Waals surface area contributed by atoms with Crippen molar-refractivity contribution < 1.29 is 46.5 Å². The molecule has 0 radical (unpaired) electrons. The number of carbonyl (C=O) groups is 2. The highest BCUT2D eigenvalue weighted by Crippen LogP contribution is 2.39. The van der Waals surface area contributed by atoms with Gasteiger partial charge >= 0.3 is 11.9 Å². The average molecular weight is 473 g/mol. The van der Waals surface area contributed by atoms with Gasteiger partial charge in [0.1, 0.15) is 5.60 Å². The second kappa shape index (κ2) is 10.9. The lowest BCUT2D eigenvalue weighted by Gasteiger charge is -2.38. The van der Waals surface area contributed by atoms with Gasteiger partial charge < -0.3 is 20.3 Å². The minimum atomic E-state index is -2.20. The van der Waals surface area contributed by atoms with E-state index in [1.165, 1.54) is 0 Å². The van der Waals surface area contributed by atoms with Crippen LogP contribution in [0.2, 0.25) is 0 Å². The first-order valence-corrected chi connectivity index (χ1v) is 9.60. The van der Waals surface area contributed by atoms with Gasteiger partial charge in [0.15, 0.2) is 5.75 Å². The van der Waals surface area contributed by atoms with Crippen LogP contribution in [-0.4, -0.2) is 35.2 Å². The molecule has 0 bridgehead atoms. The molecule has 2 aromatic rings. The highest BCUT2D eigenvalue weighted by molar-refractivity contribution is 5.89. The number of aliphatic carboxylic acids is 2. The maximum absolute atomic E-state index is 14.0. The first-order valence-electron chi connectivity index (χ1n) is 9.60. The van der Waals surface area contributed by atoms with Crippen LogP contribution in [0, 0.1) is 36.0 Å². The SMILES string of the molecule is Cc1ccc(C2(Oc3c(F)c(F)c(F)c(F)c3F)CCNCC2)cc1.O=C(O)C=CC(=O)O. The largest absolute Gasteiger partial charge is 0.478 e. The number of piperidine rings is 1. The van der Waals surface area contributed by atoms with Gasteiger partial charge in [0, 0.05) is 25.0 Å². The summed E-state index contributed by atoms with van der Waals surface area (Å²) in [4.78, 5) is 19.1. The summed E-state index contributed by atoms with van der Waals surface area (Å²) in [6.45, 7) is 2.86. The molecule has 3 N–H and O–H groups in total. The van der Waals surface area contributed by atoms with Crippen molar-refractivity contribution in [2.45, 2.75) is 25.4 Å². The molecule has 3 rings (SSSR count). The Hall–Kier alpha value is -3.47. The summed E-state index contributed by atoms with van der Waals surface area (Å²) in [6, 6.07) is 7.10. The molecule has 1 heterocycles. The van der Waals surface area contributed by atoms with E-state index < -0.39 is 52.4 Å². The minimum Gasteiger partial charge on any atom is -0.478 e. The van der Waals surface area contributed by atoms with E-state index >= 15 is 0 Å². The van der Waals surface area contributed by atoms with Crippen LogP contribution < -0.4 is 10.1 Å². The number of hydrogen-bond acceptors (Lipinski definition) is 4. The maximum atomic E-state index is 14.0. The summed E-state index contributed by atoms with van der Waals surface area (Å²) in [5.74, 6) is -13.9. The van der Waals surface area contributed by atoms with Crippen LogP contribution in [0.25, 0.3) is 0 Å². The molecule has 11 heteroatoms. The van der Waals surface area contributed by atoms with Gasteiger partial charge in [0.25, 0.3) is 0 Å². The zero-order valence-corrected chi connectivity index (χ0v) is 17.3. The van der Waals surface area contributed by atoms with Crippen molar-refractivity contribution in [1.82, 2.24) is 5.32 Å². The predicted molar refractivity (Wildman–Crippen MR) is 106 cm³/mol. The van der Waals surface area contributed by atoms with Crippen molar-refractivity contribution >= 4 is 11.9 Å². The third-order valence-electron chi connectivity index (χ3n) is 4.82. The molecule has 1 aliphatic rings. The first kappa shape index (κ1) is 25.8. The van der Waals surface area contributed by atoms with Crippen LogP contribution in [-0.2, 0) is 15.2 Å². The Kier molecular flexibility index (Phi) is 8.52. The number of carboxylic acid groups (broad SMARTS) is 2. The molecule has 0 aliphatic carbocycles. The van der Waals surface area contributed by atoms with Gasteiger partial charge in [-0.25, -0.2) is 22.8 Å². The fourth-order valence-electron chi connectivity index (χ4n) is 3.15. The average Bonchev–Trinajstić information content (AvgIpc) is 2.79. The molecule has 1 saturated heterocycles. The van der Waals surface area contributed by atoms with E-state index in [9.17, 15) is 31.5 Å². The summed E-state index contributed by atoms with van der Waals surface area (Å²) in [5, 5.41) is 18.7.